The van der Waals surface area contributed by atoms with Gasteiger partial charge in [0.05, 0.1) is 6.10 Å². The molecule has 200 valence electrons. The molecule has 0 aromatic heterocycles. The fraction of sp³-hybridized carbons (Fsp3) is 0.364. The summed E-state index contributed by atoms with van der Waals surface area (Å²) < 4.78 is 79.7. The maximum Gasteiger partial charge on any atom is 0.586 e. The van der Waals surface area contributed by atoms with E-state index in [1.165, 1.54) is 24.3 Å². The Balaban J connectivity index is 1.08. The van der Waals surface area contributed by atoms with Crippen LogP contribution in [-0.4, -0.2) is 61.9 Å². The van der Waals surface area contributed by atoms with Crippen LogP contribution in [0.1, 0.15) is 6.42 Å². The number of nitrogens with one attached hydrogen (secondary N) is 2. The molecule has 37 heavy (non-hydrogen) atoms. The molecule has 0 fully saturated rings. The van der Waals surface area contributed by atoms with Gasteiger partial charge in [0, 0.05) is 25.2 Å². The lowest BCUT2D eigenvalue weighted by molar-refractivity contribution is -0.287. The first-order chi connectivity index (χ1) is 17.5. The molecule has 0 radical (unpaired) electrons. The summed E-state index contributed by atoms with van der Waals surface area (Å²) in [4.78, 5) is 23.8. The molecule has 0 saturated carbocycles. The Labute approximate surface area is 206 Å². The second-order valence-corrected chi connectivity index (χ2v) is 7.73. The molecule has 2 aliphatic heterocycles. The van der Waals surface area contributed by atoms with Gasteiger partial charge in [-0.1, -0.05) is 0 Å². The van der Waals surface area contributed by atoms with Crippen molar-refractivity contribution in [3.63, 3.8) is 0 Å². The second-order valence-electron chi connectivity index (χ2n) is 7.73. The van der Waals surface area contributed by atoms with Crippen LogP contribution in [0.25, 0.3) is 0 Å². The van der Waals surface area contributed by atoms with Crippen LogP contribution >= 0.6 is 0 Å². The van der Waals surface area contributed by atoms with Crippen molar-refractivity contribution in [3.05, 3.63) is 36.4 Å². The van der Waals surface area contributed by atoms with Gasteiger partial charge in [-0.2, -0.15) is 0 Å². The highest BCUT2D eigenvalue weighted by molar-refractivity contribution is 5.78. The maximum atomic E-state index is 13.0. The van der Waals surface area contributed by atoms with Crippen molar-refractivity contribution in [2.75, 3.05) is 26.3 Å². The molecular weight excluding hydrogens is 512 g/mol. The van der Waals surface area contributed by atoms with Crippen molar-refractivity contribution in [1.82, 2.24) is 10.6 Å². The first-order valence-electron chi connectivity index (χ1n) is 10.7. The number of aliphatic hydroxyl groups excluding tert-OH is 1. The third-order valence-corrected chi connectivity index (χ3v) is 4.82. The number of hydrogen-bond donors (Lipinski definition) is 3. The van der Waals surface area contributed by atoms with Gasteiger partial charge in [-0.3, -0.25) is 9.59 Å². The number of rotatable bonds is 11. The highest BCUT2D eigenvalue weighted by Crippen LogP contribution is 2.43. The van der Waals surface area contributed by atoms with Gasteiger partial charge in [-0.15, -0.1) is 17.6 Å². The zero-order chi connectivity index (χ0) is 26.6. The number of fused-ring (bicyclic) bond motifs is 2. The maximum absolute atomic E-state index is 13.0. The Morgan fingerprint density at radius 2 is 1.24 bits per heavy atom. The number of benzene rings is 2. The Morgan fingerprint density at radius 1 is 0.784 bits per heavy atom. The number of aliphatic hydroxyl groups is 1. The molecule has 0 saturated heterocycles. The summed E-state index contributed by atoms with van der Waals surface area (Å²) in [6, 6.07) is 7.39. The molecule has 0 aliphatic carbocycles. The average molecular weight is 532 g/mol. The first kappa shape index (κ1) is 25.9. The predicted octanol–water partition coefficient (Wildman–Crippen LogP) is 1.77. The highest BCUT2D eigenvalue weighted by atomic mass is 19.3. The van der Waals surface area contributed by atoms with Crippen LogP contribution in [0.15, 0.2) is 36.4 Å². The number of carbonyl (C=O) groups excluding carboxylic acids is 2. The van der Waals surface area contributed by atoms with Gasteiger partial charge < -0.3 is 44.2 Å². The first-order valence-corrected chi connectivity index (χ1v) is 10.7. The molecule has 1 atom stereocenters. The number of ether oxygens (including phenoxy) is 6. The van der Waals surface area contributed by atoms with Crippen LogP contribution in [0.5, 0.6) is 34.5 Å². The molecule has 2 aromatic carbocycles. The summed E-state index contributed by atoms with van der Waals surface area (Å²) in [6.45, 7) is -0.944. The number of halogens is 4. The zero-order valence-corrected chi connectivity index (χ0v) is 18.8. The zero-order valence-electron chi connectivity index (χ0n) is 18.8. The minimum atomic E-state index is -3.77. The Hall–Kier alpha value is -4.14. The predicted molar refractivity (Wildman–Crippen MR) is 113 cm³/mol. The fourth-order valence-electron chi connectivity index (χ4n) is 3.15. The van der Waals surface area contributed by atoms with Crippen molar-refractivity contribution in [2.24, 2.45) is 0 Å². The molecule has 11 nitrogen and oxygen atoms in total. The van der Waals surface area contributed by atoms with E-state index < -0.39 is 43.7 Å². The van der Waals surface area contributed by atoms with E-state index in [0.29, 0.717) is 0 Å². The van der Waals surface area contributed by atoms with Crippen LogP contribution in [0, 0.1) is 0 Å². The van der Waals surface area contributed by atoms with E-state index in [-0.39, 0.29) is 54.0 Å². The molecule has 2 aliphatic rings. The van der Waals surface area contributed by atoms with Crippen LogP contribution in [-0.2, 0) is 9.59 Å². The lowest BCUT2D eigenvalue weighted by Gasteiger charge is -2.13. The summed E-state index contributed by atoms with van der Waals surface area (Å²) in [5, 5.41) is 14.9. The van der Waals surface area contributed by atoms with Crippen molar-refractivity contribution >= 4 is 11.8 Å². The normalized spacial score (nSPS) is 16.6. The van der Waals surface area contributed by atoms with Gasteiger partial charge in [0.15, 0.2) is 36.2 Å². The van der Waals surface area contributed by atoms with Crippen LogP contribution in [0.3, 0.4) is 0 Å². The molecule has 0 bridgehead atoms. The standard InChI is InChI=1S/C22H20F4N2O9/c23-21(24)34-15-3-1-13(7-17(15)36-21)32-10-19(30)27-6-5-12(29)9-28-20(31)11-33-14-2-4-16-18(8-14)37-22(25,26)35-16/h1-4,7-8,12,29H,5-6,9-11H2,(H,27,30)(H,28,31)/t12-/m0/s1. The second kappa shape index (κ2) is 10.5. The monoisotopic (exact) mass is 532 g/mol. The van der Waals surface area contributed by atoms with Gasteiger partial charge >= 0.3 is 12.6 Å². The van der Waals surface area contributed by atoms with Crippen LogP contribution in [0.2, 0.25) is 0 Å². The number of amides is 2. The lowest BCUT2D eigenvalue weighted by Crippen LogP contribution is -2.37. The van der Waals surface area contributed by atoms with Crippen LogP contribution < -0.4 is 39.1 Å². The molecule has 2 heterocycles. The summed E-state index contributed by atoms with van der Waals surface area (Å²) >= 11 is 0. The van der Waals surface area contributed by atoms with E-state index in [1.807, 2.05) is 0 Å². The summed E-state index contributed by atoms with van der Waals surface area (Å²) in [5.41, 5.74) is 0. The van der Waals surface area contributed by atoms with E-state index in [4.69, 9.17) is 9.47 Å². The molecule has 3 N–H and O–H groups in total. The van der Waals surface area contributed by atoms with E-state index in [2.05, 4.69) is 29.6 Å². The highest BCUT2D eigenvalue weighted by Gasteiger charge is 2.44. The van der Waals surface area contributed by atoms with E-state index in [9.17, 15) is 32.3 Å². The Kier molecular flexibility index (Phi) is 7.33. The molecule has 0 spiro atoms. The third-order valence-electron chi connectivity index (χ3n) is 4.82. The molecule has 15 heteroatoms. The van der Waals surface area contributed by atoms with Gasteiger partial charge in [-0.25, -0.2) is 0 Å². The average Bonchev–Trinajstić information content (AvgIpc) is 3.31. The van der Waals surface area contributed by atoms with Crippen molar-refractivity contribution < 1.29 is 60.7 Å². The number of carbonyl (C=O) groups is 2. The minimum absolute atomic E-state index is 0.0604. The van der Waals surface area contributed by atoms with Gasteiger partial charge in [0.2, 0.25) is 0 Å². The Morgan fingerprint density at radius 3 is 1.76 bits per heavy atom. The van der Waals surface area contributed by atoms with Gasteiger partial charge in [0.25, 0.3) is 11.8 Å². The van der Waals surface area contributed by atoms with E-state index in [1.54, 1.807) is 0 Å². The van der Waals surface area contributed by atoms with E-state index >= 15 is 0 Å². The summed E-state index contributed by atoms with van der Waals surface area (Å²) in [5.74, 6) is -1.68. The fourth-order valence-corrected chi connectivity index (χ4v) is 3.15. The molecule has 0 unspecified atom stereocenters. The van der Waals surface area contributed by atoms with Gasteiger partial charge in [-0.05, 0) is 30.7 Å². The van der Waals surface area contributed by atoms with Crippen LogP contribution in [0.4, 0.5) is 17.6 Å². The molecule has 2 amide bonds. The summed E-state index contributed by atoms with van der Waals surface area (Å²) in [6.07, 6.45) is -8.42. The quantitative estimate of drug-likeness (QED) is 0.370. The smallest absolute Gasteiger partial charge is 0.484 e. The molecule has 2 aromatic rings. The topological polar surface area (TPSA) is 134 Å². The molecule has 4 rings (SSSR count). The SMILES string of the molecule is O=C(COc1ccc2c(c1)OC(F)(F)O2)NCC[C@H](O)CNC(=O)COc1ccc2c(c1)OC(F)(F)O2. The van der Waals surface area contributed by atoms with Gasteiger partial charge in [0.1, 0.15) is 11.5 Å². The number of alkyl halides is 4. The Bertz CT molecular complexity index is 1160. The molecular formula is C22H20F4N2O9. The number of hydrogen-bond acceptors (Lipinski definition) is 9. The largest absolute Gasteiger partial charge is 0.586 e. The minimum Gasteiger partial charge on any atom is -0.484 e. The lowest BCUT2D eigenvalue weighted by atomic mass is 10.2. The third kappa shape index (κ3) is 7.19. The summed E-state index contributed by atoms with van der Waals surface area (Å²) in [7, 11) is 0. The van der Waals surface area contributed by atoms with Crippen molar-refractivity contribution in [3.8, 4) is 34.5 Å². The van der Waals surface area contributed by atoms with Crippen molar-refractivity contribution in [2.45, 2.75) is 25.1 Å². The van der Waals surface area contributed by atoms with E-state index in [0.717, 1.165) is 12.1 Å². The van der Waals surface area contributed by atoms with Crippen molar-refractivity contribution in [1.29, 1.82) is 0 Å².